The Morgan fingerprint density at radius 2 is 2.25 bits per heavy atom. The van der Waals surface area contributed by atoms with E-state index in [0.29, 0.717) is 4.47 Å². The number of benzene rings is 1. The van der Waals surface area contributed by atoms with Crippen LogP contribution >= 0.6 is 15.9 Å². The summed E-state index contributed by atoms with van der Waals surface area (Å²) in [5.41, 5.74) is 8.21. The van der Waals surface area contributed by atoms with E-state index in [2.05, 4.69) is 22.0 Å². The molecule has 0 amide bonds. The molecule has 0 saturated carbocycles. The second-order valence-corrected chi connectivity index (χ2v) is 5.06. The Morgan fingerprint density at radius 3 is 3.00 bits per heavy atom. The third kappa shape index (κ3) is 2.71. The first-order valence-electron chi connectivity index (χ1n) is 5.55. The molecule has 0 aliphatic heterocycles. The fourth-order valence-corrected chi connectivity index (χ4v) is 2.52. The first-order chi connectivity index (χ1) is 7.66. The SMILES string of the molecule is NC1C=C(Cc2cccc(F)c2Br)CCC1. The summed E-state index contributed by atoms with van der Waals surface area (Å²) in [6.07, 6.45) is 6.21. The molecule has 0 spiro atoms. The monoisotopic (exact) mass is 283 g/mol. The smallest absolute Gasteiger partial charge is 0.137 e. The highest BCUT2D eigenvalue weighted by Crippen LogP contribution is 2.26. The van der Waals surface area contributed by atoms with Crippen LogP contribution in [0.15, 0.2) is 34.3 Å². The number of rotatable bonds is 2. The Bertz CT molecular complexity index is 414. The van der Waals surface area contributed by atoms with Crippen molar-refractivity contribution in [1.29, 1.82) is 0 Å². The fraction of sp³-hybridized carbons (Fsp3) is 0.385. The average molecular weight is 284 g/mol. The van der Waals surface area contributed by atoms with Gasteiger partial charge in [0.1, 0.15) is 5.82 Å². The van der Waals surface area contributed by atoms with Gasteiger partial charge in [0.25, 0.3) is 0 Å². The number of halogens is 2. The Morgan fingerprint density at radius 1 is 1.44 bits per heavy atom. The molecule has 1 aromatic carbocycles. The maximum absolute atomic E-state index is 13.3. The van der Waals surface area contributed by atoms with Gasteiger partial charge < -0.3 is 5.73 Å². The number of hydrogen-bond donors (Lipinski definition) is 1. The lowest BCUT2D eigenvalue weighted by molar-refractivity contribution is 0.609. The van der Waals surface area contributed by atoms with Crippen LogP contribution in [0.25, 0.3) is 0 Å². The molecule has 0 fully saturated rings. The number of nitrogens with two attached hydrogens (primary N) is 1. The number of allylic oxidation sites excluding steroid dienone is 1. The predicted molar refractivity (Wildman–Crippen MR) is 67.7 cm³/mol. The summed E-state index contributed by atoms with van der Waals surface area (Å²) in [5.74, 6) is -0.196. The summed E-state index contributed by atoms with van der Waals surface area (Å²) in [6, 6.07) is 5.35. The minimum absolute atomic E-state index is 0.177. The van der Waals surface area contributed by atoms with Crippen LogP contribution in [-0.2, 0) is 6.42 Å². The lowest BCUT2D eigenvalue weighted by Crippen LogP contribution is -2.20. The standard InChI is InChI=1S/C13H15BrFN/c14-13-10(4-2-6-12(13)15)7-9-3-1-5-11(16)8-9/h2,4,6,8,11H,1,3,5,7,16H2. The van der Waals surface area contributed by atoms with E-state index in [-0.39, 0.29) is 11.9 Å². The highest BCUT2D eigenvalue weighted by atomic mass is 79.9. The molecule has 0 radical (unpaired) electrons. The number of hydrogen-bond acceptors (Lipinski definition) is 1. The molecule has 1 atom stereocenters. The van der Waals surface area contributed by atoms with Crippen molar-refractivity contribution in [3.63, 3.8) is 0 Å². The Kier molecular flexibility index (Phi) is 3.77. The van der Waals surface area contributed by atoms with E-state index in [1.807, 2.05) is 6.07 Å². The summed E-state index contributed by atoms with van der Waals surface area (Å²) in [7, 11) is 0. The van der Waals surface area contributed by atoms with Crippen LogP contribution in [0.5, 0.6) is 0 Å². The van der Waals surface area contributed by atoms with Crippen LogP contribution in [0.3, 0.4) is 0 Å². The normalized spacial score (nSPS) is 20.7. The topological polar surface area (TPSA) is 26.0 Å². The molecule has 2 rings (SSSR count). The van der Waals surface area contributed by atoms with Crippen molar-refractivity contribution in [2.24, 2.45) is 5.73 Å². The maximum Gasteiger partial charge on any atom is 0.137 e. The lowest BCUT2D eigenvalue weighted by Gasteiger charge is -2.18. The van der Waals surface area contributed by atoms with Crippen LogP contribution in [0, 0.1) is 5.82 Å². The van der Waals surface area contributed by atoms with Crippen molar-refractivity contribution in [2.45, 2.75) is 31.7 Å². The Hall–Kier alpha value is -0.670. The molecule has 1 nitrogen and oxygen atoms in total. The van der Waals surface area contributed by atoms with Crippen molar-refractivity contribution in [3.8, 4) is 0 Å². The van der Waals surface area contributed by atoms with Gasteiger partial charge in [0.15, 0.2) is 0 Å². The summed E-state index contributed by atoms with van der Waals surface area (Å²) >= 11 is 3.29. The average Bonchev–Trinajstić information content (AvgIpc) is 2.25. The van der Waals surface area contributed by atoms with E-state index in [1.165, 1.54) is 11.6 Å². The van der Waals surface area contributed by atoms with Gasteiger partial charge in [-0.3, -0.25) is 0 Å². The molecule has 1 unspecified atom stereocenters. The molecule has 3 heteroatoms. The molecule has 1 aliphatic carbocycles. The molecule has 1 aliphatic rings. The Labute approximate surface area is 104 Å². The van der Waals surface area contributed by atoms with Crippen LogP contribution in [0.1, 0.15) is 24.8 Å². The van der Waals surface area contributed by atoms with Crippen LogP contribution < -0.4 is 5.73 Å². The zero-order chi connectivity index (χ0) is 11.5. The quantitative estimate of drug-likeness (QED) is 0.825. The van der Waals surface area contributed by atoms with Gasteiger partial charge in [-0.25, -0.2) is 4.39 Å². The summed E-state index contributed by atoms with van der Waals surface area (Å²) in [4.78, 5) is 0. The van der Waals surface area contributed by atoms with E-state index >= 15 is 0 Å². The molecule has 16 heavy (non-hydrogen) atoms. The predicted octanol–water partition coefficient (Wildman–Crippen LogP) is 3.57. The van der Waals surface area contributed by atoms with E-state index in [9.17, 15) is 4.39 Å². The summed E-state index contributed by atoms with van der Waals surface area (Å²) in [6.45, 7) is 0. The van der Waals surface area contributed by atoms with Gasteiger partial charge in [-0.05, 0) is 53.2 Å². The largest absolute Gasteiger partial charge is 0.324 e. The van der Waals surface area contributed by atoms with E-state index in [4.69, 9.17) is 5.73 Å². The highest BCUT2D eigenvalue weighted by Gasteiger charge is 2.12. The van der Waals surface area contributed by atoms with E-state index < -0.39 is 0 Å². The van der Waals surface area contributed by atoms with Crippen molar-refractivity contribution in [1.82, 2.24) is 0 Å². The maximum atomic E-state index is 13.3. The molecular formula is C13H15BrFN. The third-order valence-corrected chi connectivity index (χ3v) is 3.82. The second-order valence-electron chi connectivity index (χ2n) is 4.27. The molecular weight excluding hydrogens is 269 g/mol. The second kappa shape index (κ2) is 5.11. The minimum atomic E-state index is -0.196. The molecule has 0 bridgehead atoms. The summed E-state index contributed by atoms with van der Waals surface area (Å²) < 4.78 is 13.9. The zero-order valence-electron chi connectivity index (χ0n) is 9.05. The highest BCUT2D eigenvalue weighted by molar-refractivity contribution is 9.10. The molecule has 0 saturated heterocycles. The van der Waals surface area contributed by atoms with E-state index in [1.54, 1.807) is 6.07 Å². The minimum Gasteiger partial charge on any atom is -0.324 e. The van der Waals surface area contributed by atoms with Gasteiger partial charge >= 0.3 is 0 Å². The molecule has 0 heterocycles. The summed E-state index contributed by atoms with van der Waals surface area (Å²) in [5, 5.41) is 0. The molecule has 2 N–H and O–H groups in total. The van der Waals surface area contributed by atoms with Gasteiger partial charge in [0, 0.05) is 6.04 Å². The molecule has 86 valence electrons. The van der Waals surface area contributed by atoms with Gasteiger partial charge in [-0.15, -0.1) is 0 Å². The van der Waals surface area contributed by atoms with Crippen molar-refractivity contribution in [3.05, 3.63) is 45.7 Å². The van der Waals surface area contributed by atoms with Gasteiger partial charge in [-0.1, -0.05) is 23.8 Å². The fourth-order valence-electron chi connectivity index (χ4n) is 2.11. The van der Waals surface area contributed by atoms with Crippen LogP contribution in [0.2, 0.25) is 0 Å². The van der Waals surface area contributed by atoms with Gasteiger partial charge in [0.2, 0.25) is 0 Å². The van der Waals surface area contributed by atoms with Crippen LogP contribution in [-0.4, -0.2) is 6.04 Å². The van der Waals surface area contributed by atoms with Gasteiger partial charge in [0.05, 0.1) is 4.47 Å². The van der Waals surface area contributed by atoms with Crippen molar-refractivity contribution >= 4 is 15.9 Å². The van der Waals surface area contributed by atoms with Crippen molar-refractivity contribution in [2.75, 3.05) is 0 Å². The Balaban J connectivity index is 2.17. The molecule has 1 aromatic rings. The molecule has 0 aromatic heterocycles. The third-order valence-electron chi connectivity index (χ3n) is 2.93. The first-order valence-corrected chi connectivity index (χ1v) is 6.34. The lowest BCUT2D eigenvalue weighted by atomic mass is 9.92. The van der Waals surface area contributed by atoms with E-state index in [0.717, 1.165) is 31.2 Å². The first kappa shape index (κ1) is 11.8. The van der Waals surface area contributed by atoms with Crippen LogP contribution in [0.4, 0.5) is 4.39 Å². The zero-order valence-corrected chi connectivity index (χ0v) is 10.6. The van der Waals surface area contributed by atoms with Gasteiger partial charge in [-0.2, -0.15) is 0 Å². The van der Waals surface area contributed by atoms with Crippen molar-refractivity contribution < 1.29 is 4.39 Å².